The van der Waals surface area contributed by atoms with Gasteiger partial charge in [-0.2, -0.15) is 9.78 Å². The van der Waals surface area contributed by atoms with Crippen LogP contribution in [0, 0.1) is 5.82 Å². The van der Waals surface area contributed by atoms with Gasteiger partial charge in [-0.05, 0) is 221 Å². The molecule has 36 heteroatoms. The third-order valence-corrected chi connectivity index (χ3v) is 23.0. The van der Waals surface area contributed by atoms with E-state index in [0.717, 1.165) is 37.2 Å². The van der Waals surface area contributed by atoms with E-state index < -0.39 is 11.5 Å². The maximum Gasteiger partial charge on any atom is 0.337 e. The molecule has 8 aromatic carbocycles. The van der Waals surface area contributed by atoms with E-state index in [0.29, 0.717) is 201 Å². The fourth-order valence-corrected chi connectivity index (χ4v) is 16.7. The number of imidazole rings is 1. The van der Waals surface area contributed by atoms with E-state index in [1.807, 2.05) is 132 Å². The normalized spacial score (nSPS) is 11.4. The maximum absolute atomic E-state index is 14.2. The average Bonchev–Trinajstić information content (AvgIpc) is 1.16. The highest BCUT2D eigenvalue weighted by Gasteiger charge is 2.25. The monoisotopic (exact) mass is 1830 g/mol. The van der Waals surface area contributed by atoms with Gasteiger partial charge in [0, 0.05) is 93.9 Å². The number of pyridine rings is 3. The summed E-state index contributed by atoms with van der Waals surface area (Å²) in [5, 5.41) is 75.1. The van der Waals surface area contributed by atoms with Crippen LogP contribution in [-0.2, 0) is 44.3 Å². The van der Waals surface area contributed by atoms with E-state index in [2.05, 4.69) is 30.2 Å². The lowest BCUT2D eigenvalue weighted by molar-refractivity contribution is 0.186. The van der Waals surface area contributed by atoms with Crippen LogP contribution >= 0.6 is 34.3 Å². The first-order chi connectivity index (χ1) is 63.1. The highest BCUT2D eigenvalue weighted by molar-refractivity contribution is 7.21. The summed E-state index contributed by atoms with van der Waals surface area (Å²) in [5.41, 5.74) is 17.5. The molecule has 0 aliphatic rings. The summed E-state index contributed by atoms with van der Waals surface area (Å²) in [5.74, 6) is 3.83. The molecule has 11 N–H and O–H groups in total. The van der Waals surface area contributed by atoms with Crippen LogP contribution in [0.2, 0.25) is 5.02 Å². The van der Waals surface area contributed by atoms with Gasteiger partial charge in [-0.25, -0.2) is 23.7 Å². The fraction of sp³-hybridized carbons (Fsp3) is 0.234. The molecule has 0 spiro atoms. The van der Waals surface area contributed by atoms with E-state index in [9.17, 15) is 44.0 Å². The maximum atomic E-state index is 14.2. The number of fused-ring (bicyclic) bond motifs is 6. The number of amidine groups is 2. The lowest BCUT2D eigenvalue weighted by Crippen LogP contribution is -2.39. The van der Waals surface area contributed by atoms with Crippen LogP contribution in [0.4, 0.5) is 4.39 Å². The molecular formula is C94H95ClFN13O19S2. The molecule has 0 radical (unpaired) electrons. The summed E-state index contributed by atoms with van der Waals surface area (Å²) in [6.45, 7) is 11.5. The second-order valence-corrected chi connectivity index (χ2v) is 30.9. The number of methoxy groups -OCH3 is 5. The zero-order valence-corrected chi connectivity index (χ0v) is 74.9. The van der Waals surface area contributed by atoms with Gasteiger partial charge in [0.15, 0.2) is 74.9 Å². The van der Waals surface area contributed by atoms with Crippen molar-refractivity contribution in [2.45, 2.75) is 80.6 Å². The largest absolute Gasteiger partial charge is 0.493 e. The van der Waals surface area contributed by atoms with Crippen molar-refractivity contribution in [1.82, 2.24) is 43.4 Å². The number of nitrogens with two attached hydrogens (primary N) is 2. The molecule has 0 amide bonds. The van der Waals surface area contributed by atoms with Crippen LogP contribution in [0.15, 0.2) is 212 Å². The molecule has 16 rings (SSSR count). The molecule has 16 aromatic rings. The number of hydrogen-bond acceptors (Lipinski definition) is 27. The van der Waals surface area contributed by atoms with Crippen LogP contribution in [0.25, 0.3) is 109 Å². The molecule has 0 aliphatic carbocycles. The standard InChI is InChI=1S/C34H30N4O5.C24H29NO6.C14H13ClN4O2.C11H11FN2O3S.C11H12N2O3S/c1-3-42-29-15-23-14-24(19-39)28(20-40)32(27(23)17-30(29)43-4-2)21-11-13-36-31(16-21)38-34(41)26-10-6-5-9-25(26)33(37-38)22-8-7-12-35-18-22;1-4-30-21-11-17-10-18(14-26)20(15-27)24(19(17)13-22(21)31-5-2)16-6-7-25(8-9-29-3)23(28)12-16;1-2-7-18-13(20)11-12(17-8-16-11)19(14(18)21)10-5-3-9(15)4-6-10;1-16-6-4-7-5(9(12)10(6)17-2)3-8(18-7)11(13)14-15;1-15-7-3-6-4-10(11(12)13-14)17-9(6)5-8(7)16-2/h5-18,39-40H,3-4,19-20H2,1-2H3;6-7,10-13,26-27H,4-5,8-9,14-15H2,1-3H3;3-6,8H,2,7H2,1H3,(H,16,17);3-4,15H,1-2H3,(H2,13,14);3-5,14H,1-2H3,(H2,12,13). The SMILES string of the molecule is CCCn1c(=O)c2[nH]cnc2n(-c2ccc(Cl)cc2)c1=O.CCOc1cc2cc(CO)c(CO)c(-c3ccn(CCOC)c(=O)c3)c2cc1OCC.CCOc1cc2cc(CO)c(CO)c(-c3ccnc(-n4nc(-c5cccnc5)c5ccccc5c4=O)c3)c2cc1OCC.COc1cc2cc(/C(N)=N\O)sc2cc1OC.COc1cc2sc(/C(N)=N/O)cc2c(F)c1OC. The minimum Gasteiger partial charge on any atom is -0.493 e. The van der Waals surface area contributed by atoms with Gasteiger partial charge in [0.25, 0.3) is 16.7 Å². The molecule has 0 bridgehead atoms. The zero-order valence-electron chi connectivity index (χ0n) is 72.5. The van der Waals surface area contributed by atoms with E-state index in [1.54, 1.807) is 99.2 Å². The first-order valence-electron chi connectivity index (χ1n) is 40.8. The molecule has 0 atom stereocenters. The van der Waals surface area contributed by atoms with E-state index in [1.165, 1.54) is 63.1 Å². The molecular weight excluding hydrogens is 1730 g/mol. The van der Waals surface area contributed by atoms with Crippen molar-refractivity contribution in [3.05, 3.63) is 267 Å². The quantitative estimate of drug-likeness (QED) is 0.00951. The lowest BCUT2D eigenvalue weighted by Gasteiger charge is -2.19. The molecule has 0 saturated carbocycles. The summed E-state index contributed by atoms with van der Waals surface area (Å²) in [6.07, 6.45) is 8.82. The summed E-state index contributed by atoms with van der Waals surface area (Å²) >= 11 is 8.51. The Bertz CT molecular complexity index is 7040. The number of aromatic nitrogens is 9. The second kappa shape index (κ2) is 43.9. The Morgan fingerprint density at radius 2 is 1.10 bits per heavy atom. The highest BCUT2D eigenvalue weighted by atomic mass is 35.5. The van der Waals surface area contributed by atoms with Crippen molar-refractivity contribution < 1.29 is 77.9 Å². The van der Waals surface area contributed by atoms with Gasteiger partial charge >= 0.3 is 5.69 Å². The Morgan fingerprint density at radius 3 is 1.64 bits per heavy atom. The van der Waals surface area contributed by atoms with Gasteiger partial charge in [0.1, 0.15) is 11.2 Å². The Balaban J connectivity index is 0.000000155. The second-order valence-electron chi connectivity index (χ2n) is 28.3. The number of aromatic amines is 1. The van der Waals surface area contributed by atoms with Gasteiger partial charge < -0.3 is 94.5 Å². The van der Waals surface area contributed by atoms with Gasteiger partial charge in [-0.15, -0.1) is 22.7 Å². The number of H-pyrrole nitrogens is 1. The molecule has 676 valence electrons. The molecule has 130 heavy (non-hydrogen) atoms. The number of ether oxygens (including phenoxy) is 9. The Labute approximate surface area is 755 Å². The van der Waals surface area contributed by atoms with Crippen molar-refractivity contribution in [3.8, 4) is 91.0 Å². The van der Waals surface area contributed by atoms with Gasteiger partial charge in [0.2, 0.25) is 0 Å². The number of nitrogens with zero attached hydrogens (tertiary/aromatic N) is 10. The first kappa shape index (κ1) is 94.8. The number of rotatable bonds is 28. The third-order valence-electron chi connectivity index (χ3n) is 20.6. The van der Waals surface area contributed by atoms with Crippen molar-refractivity contribution in [2.75, 3.05) is 68.6 Å². The van der Waals surface area contributed by atoms with Crippen LogP contribution in [-0.4, -0.2) is 155 Å². The fourth-order valence-electron chi connectivity index (χ4n) is 14.6. The zero-order chi connectivity index (χ0) is 93.0. The van der Waals surface area contributed by atoms with E-state index >= 15 is 0 Å². The highest BCUT2D eigenvalue weighted by Crippen LogP contribution is 2.45. The number of aliphatic hydroxyl groups is 4. The van der Waals surface area contributed by atoms with Crippen molar-refractivity contribution in [2.24, 2.45) is 21.8 Å². The third kappa shape index (κ3) is 20.3. The molecule has 0 fully saturated rings. The number of halogens is 2. The minimum atomic E-state index is -0.528. The smallest absolute Gasteiger partial charge is 0.337 e. The predicted molar refractivity (Wildman–Crippen MR) is 501 cm³/mol. The molecule has 0 aliphatic heterocycles. The summed E-state index contributed by atoms with van der Waals surface area (Å²) in [4.78, 5) is 68.2. The van der Waals surface area contributed by atoms with Crippen molar-refractivity contribution >= 4 is 110 Å². The molecule has 8 aromatic heterocycles. The van der Waals surface area contributed by atoms with Crippen LogP contribution in [0.1, 0.15) is 73.0 Å². The van der Waals surface area contributed by atoms with Crippen LogP contribution < -0.4 is 71.7 Å². The topological polar surface area (TPSA) is 437 Å². The Hall–Kier alpha value is -14.3. The number of thiophene rings is 2. The molecule has 8 heterocycles. The van der Waals surface area contributed by atoms with Gasteiger partial charge in [-0.3, -0.25) is 23.9 Å². The number of oxime groups is 2. The Morgan fingerprint density at radius 1 is 0.538 bits per heavy atom. The summed E-state index contributed by atoms with van der Waals surface area (Å²) < 4.78 is 70.1. The Kier molecular flexibility index (Phi) is 32.1. The summed E-state index contributed by atoms with van der Waals surface area (Å²) in [7, 11) is 7.55. The number of nitrogens with one attached hydrogen (secondary N) is 1. The van der Waals surface area contributed by atoms with Crippen LogP contribution in [0.3, 0.4) is 0 Å². The van der Waals surface area contributed by atoms with Crippen molar-refractivity contribution in [3.63, 3.8) is 0 Å². The minimum absolute atomic E-state index is 0.0360. The van der Waals surface area contributed by atoms with Crippen LogP contribution in [0.5, 0.6) is 46.0 Å². The van der Waals surface area contributed by atoms with Gasteiger partial charge in [0.05, 0.1) is 115 Å². The summed E-state index contributed by atoms with van der Waals surface area (Å²) in [6, 6.07) is 44.7. The van der Waals surface area contributed by atoms with E-state index in [-0.39, 0.29) is 60.5 Å². The number of aliphatic hydroxyl groups excluding tert-OH is 4. The molecule has 32 nitrogen and oxygen atoms in total. The average molecular weight is 1830 g/mol. The number of benzene rings is 8. The molecule has 0 unspecified atom stereocenters. The van der Waals surface area contributed by atoms with Crippen molar-refractivity contribution in [1.29, 1.82) is 0 Å². The van der Waals surface area contributed by atoms with Gasteiger partial charge in [-0.1, -0.05) is 47.0 Å². The van der Waals surface area contributed by atoms with E-state index in [4.69, 9.17) is 81.2 Å². The lowest BCUT2D eigenvalue weighted by atomic mass is 9.90. The number of hydrogen-bond donors (Lipinski definition) is 9. The molecule has 0 saturated heterocycles. The predicted octanol–water partition coefficient (Wildman–Crippen LogP) is 14.6. The first-order valence-corrected chi connectivity index (χ1v) is 42.8.